The van der Waals surface area contributed by atoms with Gasteiger partial charge in [0.25, 0.3) is 5.56 Å². The van der Waals surface area contributed by atoms with Crippen molar-refractivity contribution < 1.29 is 9.13 Å². The van der Waals surface area contributed by atoms with Gasteiger partial charge in [-0.15, -0.1) is 11.3 Å². The molecular formula is C18H17FN2O2S2. The van der Waals surface area contributed by atoms with Gasteiger partial charge < -0.3 is 9.72 Å². The molecule has 0 amide bonds. The molecule has 0 bridgehead atoms. The van der Waals surface area contributed by atoms with Gasteiger partial charge in [0, 0.05) is 23.3 Å². The predicted molar refractivity (Wildman–Crippen MR) is 101 cm³/mol. The summed E-state index contributed by atoms with van der Waals surface area (Å²) in [4.78, 5) is 20.7. The van der Waals surface area contributed by atoms with Gasteiger partial charge in [0.1, 0.15) is 16.5 Å². The van der Waals surface area contributed by atoms with E-state index in [4.69, 9.17) is 4.74 Å². The topological polar surface area (TPSA) is 55.0 Å². The Bertz CT molecular complexity index is 930. The quantitative estimate of drug-likeness (QED) is 0.725. The van der Waals surface area contributed by atoms with Crippen LogP contribution in [0.2, 0.25) is 0 Å². The van der Waals surface area contributed by atoms with Gasteiger partial charge >= 0.3 is 0 Å². The fraction of sp³-hybridized carbons (Fsp3) is 0.333. The second-order valence-electron chi connectivity index (χ2n) is 6.00. The fourth-order valence-corrected chi connectivity index (χ4v) is 4.91. The molecule has 4 nitrogen and oxygen atoms in total. The van der Waals surface area contributed by atoms with Gasteiger partial charge in [-0.2, -0.15) is 11.8 Å². The van der Waals surface area contributed by atoms with E-state index in [0.717, 1.165) is 41.2 Å². The lowest BCUT2D eigenvalue weighted by atomic mass is 10.1. The molecule has 7 heteroatoms. The molecule has 1 aliphatic rings. The van der Waals surface area contributed by atoms with E-state index in [2.05, 4.69) is 9.97 Å². The van der Waals surface area contributed by atoms with Crippen molar-refractivity contribution >= 4 is 33.3 Å². The number of H-pyrrole nitrogens is 1. The molecular weight excluding hydrogens is 359 g/mol. The van der Waals surface area contributed by atoms with Crippen LogP contribution in [-0.4, -0.2) is 28.4 Å². The Balaban J connectivity index is 1.56. The number of aromatic amines is 1. The molecule has 0 unspecified atom stereocenters. The van der Waals surface area contributed by atoms with E-state index in [0.29, 0.717) is 23.1 Å². The lowest BCUT2D eigenvalue weighted by Gasteiger charge is -2.08. The van der Waals surface area contributed by atoms with Gasteiger partial charge in [-0.25, -0.2) is 9.37 Å². The zero-order valence-corrected chi connectivity index (χ0v) is 15.1. The predicted octanol–water partition coefficient (Wildman–Crippen LogP) is 4.20. The van der Waals surface area contributed by atoms with Crippen molar-refractivity contribution in [3.63, 3.8) is 0 Å². The molecule has 1 N–H and O–H groups in total. The Hall–Kier alpha value is -1.70. The maximum atomic E-state index is 13.1. The highest BCUT2D eigenvalue weighted by atomic mass is 32.2. The lowest BCUT2D eigenvalue weighted by Crippen LogP contribution is -2.12. The van der Waals surface area contributed by atoms with Crippen LogP contribution < -0.4 is 5.56 Å². The number of thiophene rings is 1. The highest BCUT2D eigenvalue weighted by molar-refractivity contribution is 7.98. The zero-order valence-electron chi connectivity index (χ0n) is 13.5. The standard InChI is InChI=1S/C18H17FN2O2S2/c19-12-5-3-11(4-6-12)14-9-25-18-16(14)17(22)20-15(21-18)10-24-8-13-2-1-7-23-13/h3-6,9,13H,1-2,7-8,10H2,(H,20,21,22)/t13-/m1/s1. The van der Waals surface area contributed by atoms with Crippen LogP contribution in [0.1, 0.15) is 18.7 Å². The molecule has 1 atom stereocenters. The number of hydrogen-bond acceptors (Lipinski definition) is 5. The number of nitrogens with zero attached hydrogens (tertiary/aromatic N) is 1. The molecule has 1 saturated heterocycles. The van der Waals surface area contributed by atoms with E-state index in [-0.39, 0.29) is 11.4 Å². The number of aromatic nitrogens is 2. The Morgan fingerprint density at radius 3 is 2.96 bits per heavy atom. The van der Waals surface area contributed by atoms with Crippen molar-refractivity contribution in [3.05, 3.63) is 51.6 Å². The third kappa shape index (κ3) is 3.63. The number of thioether (sulfide) groups is 1. The smallest absolute Gasteiger partial charge is 0.260 e. The van der Waals surface area contributed by atoms with Crippen molar-refractivity contribution in [1.29, 1.82) is 0 Å². The molecule has 3 heterocycles. The maximum absolute atomic E-state index is 13.1. The maximum Gasteiger partial charge on any atom is 0.260 e. The van der Waals surface area contributed by atoms with Crippen LogP contribution in [0, 0.1) is 5.82 Å². The minimum Gasteiger partial charge on any atom is -0.377 e. The van der Waals surface area contributed by atoms with Crippen LogP contribution in [-0.2, 0) is 10.5 Å². The van der Waals surface area contributed by atoms with Crippen LogP contribution >= 0.6 is 23.1 Å². The Labute approximate surface area is 152 Å². The van der Waals surface area contributed by atoms with Crippen molar-refractivity contribution in [2.24, 2.45) is 0 Å². The summed E-state index contributed by atoms with van der Waals surface area (Å²) in [5, 5.41) is 2.48. The summed E-state index contributed by atoms with van der Waals surface area (Å²) in [5.74, 6) is 1.98. The van der Waals surface area contributed by atoms with Gasteiger partial charge in [0.05, 0.1) is 17.2 Å². The van der Waals surface area contributed by atoms with Crippen molar-refractivity contribution in [3.8, 4) is 11.1 Å². The fourth-order valence-electron chi connectivity index (χ4n) is 2.97. The van der Waals surface area contributed by atoms with E-state index in [1.807, 2.05) is 5.38 Å². The Morgan fingerprint density at radius 2 is 2.20 bits per heavy atom. The summed E-state index contributed by atoms with van der Waals surface area (Å²) in [6, 6.07) is 6.16. The van der Waals surface area contributed by atoms with E-state index < -0.39 is 0 Å². The molecule has 0 saturated carbocycles. The van der Waals surface area contributed by atoms with Gasteiger partial charge in [0.15, 0.2) is 0 Å². The first kappa shape index (κ1) is 16.8. The number of ether oxygens (including phenoxy) is 1. The SMILES string of the molecule is O=c1[nH]c(CSC[C@H]2CCCO2)nc2scc(-c3ccc(F)cc3)c12. The zero-order chi connectivity index (χ0) is 17.2. The first-order valence-corrected chi connectivity index (χ1v) is 10.2. The van der Waals surface area contributed by atoms with Crippen molar-refractivity contribution in [2.75, 3.05) is 12.4 Å². The number of benzene rings is 1. The summed E-state index contributed by atoms with van der Waals surface area (Å²) < 4.78 is 18.7. The molecule has 2 aromatic heterocycles. The summed E-state index contributed by atoms with van der Waals surface area (Å²) in [7, 11) is 0. The lowest BCUT2D eigenvalue weighted by molar-refractivity contribution is 0.129. The normalized spacial score (nSPS) is 17.4. The minimum absolute atomic E-state index is 0.140. The first-order chi connectivity index (χ1) is 12.2. The molecule has 4 rings (SSSR count). The molecule has 3 aromatic rings. The van der Waals surface area contributed by atoms with Crippen molar-refractivity contribution in [2.45, 2.75) is 24.7 Å². The molecule has 0 aliphatic carbocycles. The average Bonchev–Trinajstić information content (AvgIpc) is 3.25. The number of hydrogen-bond donors (Lipinski definition) is 1. The van der Waals surface area contributed by atoms with Crippen molar-refractivity contribution in [1.82, 2.24) is 9.97 Å². The average molecular weight is 376 g/mol. The van der Waals surface area contributed by atoms with E-state index in [9.17, 15) is 9.18 Å². The summed E-state index contributed by atoms with van der Waals surface area (Å²) in [5.41, 5.74) is 1.48. The van der Waals surface area contributed by atoms with E-state index >= 15 is 0 Å². The highest BCUT2D eigenvalue weighted by Gasteiger charge is 2.16. The van der Waals surface area contributed by atoms with Gasteiger partial charge in [-0.3, -0.25) is 4.79 Å². The van der Waals surface area contributed by atoms with Crippen LogP contribution in [0.15, 0.2) is 34.4 Å². The summed E-state index contributed by atoms with van der Waals surface area (Å²) >= 11 is 3.17. The number of nitrogens with one attached hydrogen (secondary N) is 1. The third-order valence-electron chi connectivity index (χ3n) is 4.21. The van der Waals surface area contributed by atoms with Gasteiger partial charge in [-0.1, -0.05) is 12.1 Å². The monoisotopic (exact) mass is 376 g/mol. The first-order valence-electron chi connectivity index (χ1n) is 8.16. The van der Waals surface area contributed by atoms with Gasteiger partial charge in [0.2, 0.25) is 0 Å². The van der Waals surface area contributed by atoms with Crippen LogP contribution in [0.5, 0.6) is 0 Å². The molecule has 0 spiro atoms. The molecule has 1 aliphatic heterocycles. The second kappa shape index (κ2) is 7.27. The number of rotatable bonds is 5. The molecule has 0 radical (unpaired) electrons. The minimum atomic E-state index is -0.291. The number of fused-ring (bicyclic) bond motifs is 1. The molecule has 25 heavy (non-hydrogen) atoms. The van der Waals surface area contributed by atoms with E-state index in [1.54, 1.807) is 23.9 Å². The van der Waals surface area contributed by atoms with Crippen LogP contribution in [0.4, 0.5) is 4.39 Å². The Kier molecular flexibility index (Phi) is 4.87. The van der Waals surface area contributed by atoms with Crippen LogP contribution in [0.25, 0.3) is 21.3 Å². The second-order valence-corrected chi connectivity index (χ2v) is 7.89. The third-order valence-corrected chi connectivity index (χ3v) is 6.17. The number of halogens is 1. The molecule has 1 fully saturated rings. The van der Waals surface area contributed by atoms with Gasteiger partial charge in [-0.05, 0) is 30.5 Å². The highest BCUT2D eigenvalue weighted by Crippen LogP contribution is 2.31. The summed E-state index contributed by atoms with van der Waals surface area (Å²) in [6.45, 7) is 0.855. The summed E-state index contributed by atoms with van der Waals surface area (Å²) in [6.07, 6.45) is 2.57. The van der Waals surface area contributed by atoms with E-state index in [1.165, 1.54) is 23.5 Å². The molecule has 1 aromatic carbocycles. The van der Waals surface area contributed by atoms with Crippen LogP contribution in [0.3, 0.4) is 0 Å². The largest absolute Gasteiger partial charge is 0.377 e. The Morgan fingerprint density at radius 1 is 1.36 bits per heavy atom. The molecule has 130 valence electrons.